The minimum Gasteiger partial charge on any atom is -0.376 e. The molecule has 0 fully saturated rings. The van der Waals surface area contributed by atoms with Crippen LogP contribution in [-0.2, 0) is 0 Å². The van der Waals surface area contributed by atoms with Crippen LogP contribution in [0.1, 0.15) is 5.56 Å². The van der Waals surface area contributed by atoms with Crippen molar-refractivity contribution in [1.29, 1.82) is 0 Å². The second-order valence-electron chi connectivity index (χ2n) is 40.3. The maximum atomic E-state index is 2.62. The fraction of sp³-hybridized carbons (Fsp3) is 0.00719. The standard InChI is InChI=1S/2C48H31BN2.C43H28BN3/c1-4-15-32(16-5-1)35-29-30-43-41(31-35)40-25-14-28-45-47(40)49-46-39(38-21-10-11-26-42(38)51(43)49)24-13-27-44(46)50(45)48-36(33-17-6-2-7-18-33)22-12-23-37(48)34-19-8-3-9-20-34;1-3-14-32(15-4-1)34-18-11-19-36(30-34)37-20-7-9-24-42(37)50-45-26-12-22-39-38-21-8-10-25-43(38)51-44-29-28-35(33-16-5-2-6-17-33)31-41(44)40-23-13-27-46(50)48(40)49(51)47(39)45;1-27-21-23-39-34(25-27)33-16-10-20-41-43(33)44-42-32(30-13-6-8-18-38(30)47(39)44)15-9-19-40(42)46(41)29-22-24-37-35(26-29)31-14-5-7-17-36(31)45(37)28-11-3-2-4-12-28/h2*1-31H;2-26H,1H3. The van der Waals surface area contributed by atoms with E-state index in [0.717, 1.165) is 0 Å². The number of aromatic nitrogens is 1. The molecule has 0 saturated carbocycles. The van der Waals surface area contributed by atoms with E-state index in [1.807, 2.05) is 0 Å². The summed E-state index contributed by atoms with van der Waals surface area (Å²) in [7, 11) is 0. The van der Waals surface area contributed by atoms with Crippen LogP contribution in [0, 0.1) is 6.92 Å². The molecule has 9 aliphatic rings. The Kier molecular flexibility index (Phi) is 19.0. The van der Waals surface area contributed by atoms with E-state index in [1.165, 1.54) is 285 Å². The van der Waals surface area contributed by atoms with Crippen molar-refractivity contribution in [3.8, 4) is 139 Å². The zero-order valence-corrected chi connectivity index (χ0v) is 81.6. The number of fused-ring (bicyclic) bond motifs is 21. The quantitative estimate of drug-likeness (QED) is 0.127. The molecule has 10 heteroatoms. The first-order valence-corrected chi connectivity index (χ1v) is 51.9. The van der Waals surface area contributed by atoms with E-state index in [9.17, 15) is 0 Å². The minimum absolute atomic E-state index is 0.0349. The fourth-order valence-electron chi connectivity index (χ4n) is 26.4. The first-order chi connectivity index (χ1) is 73.9. The highest BCUT2D eigenvalue weighted by atomic mass is 15.2. The fourth-order valence-corrected chi connectivity index (χ4v) is 26.4. The molecule has 23 aromatic carbocycles. The van der Waals surface area contributed by atoms with Crippen LogP contribution < -0.4 is 61.9 Å². The van der Waals surface area contributed by atoms with Gasteiger partial charge in [-0.05, 0) is 263 Å². The number of aryl methyl sites for hydroxylation is 1. The van der Waals surface area contributed by atoms with E-state index in [1.54, 1.807) is 0 Å². The van der Waals surface area contributed by atoms with Crippen molar-refractivity contribution >= 4 is 160 Å². The first-order valence-electron chi connectivity index (χ1n) is 51.9. The number of para-hydroxylation sites is 7. The molecular formula is C139H90B3N7. The van der Waals surface area contributed by atoms with Gasteiger partial charge in [0.15, 0.2) is 0 Å². The third kappa shape index (κ3) is 12.7. The van der Waals surface area contributed by atoms with Gasteiger partial charge in [-0.2, -0.15) is 0 Å². The van der Waals surface area contributed by atoms with E-state index in [2.05, 4.69) is 568 Å². The summed E-state index contributed by atoms with van der Waals surface area (Å²) in [4.78, 5) is 15.5. The summed E-state index contributed by atoms with van der Waals surface area (Å²) in [5.74, 6) is 0. The summed E-state index contributed by atoms with van der Waals surface area (Å²) in [6.45, 7) is 2.38. The third-order valence-corrected chi connectivity index (χ3v) is 32.5. The molecule has 7 nitrogen and oxygen atoms in total. The molecule has 9 aliphatic heterocycles. The molecule has 0 aliphatic carbocycles. The summed E-state index contributed by atoms with van der Waals surface area (Å²) in [5.41, 5.74) is 61.7. The highest BCUT2D eigenvalue weighted by Crippen LogP contribution is 2.60. The highest BCUT2D eigenvalue weighted by molar-refractivity contribution is 6.97. The van der Waals surface area contributed by atoms with Gasteiger partial charge < -0.3 is 33.7 Å². The van der Waals surface area contributed by atoms with Gasteiger partial charge in [0.25, 0.3) is 0 Å². The molecule has 0 bridgehead atoms. The highest BCUT2D eigenvalue weighted by Gasteiger charge is 2.54. The van der Waals surface area contributed by atoms with Crippen LogP contribution >= 0.6 is 0 Å². The molecule has 33 rings (SSSR count). The molecule has 690 valence electrons. The number of benzene rings is 23. The number of hydrogen-bond donors (Lipinski definition) is 0. The van der Waals surface area contributed by atoms with Crippen molar-refractivity contribution in [2.45, 2.75) is 6.92 Å². The van der Waals surface area contributed by atoms with Crippen LogP contribution in [0.4, 0.5) is 85.3 Å². The second-order valence-corrected chi connectivity index (χ2v) is 40.3. The molecule has 1 aromatic heterocycles. The van der Waals surface area contributed by atoms with Crippen LogP contribution in [0.5, 0.6) is 0 Å². The lowest BCUT2D eigenvalue weighted by molar-refractivity contribution is 1.18. The Labute approximate surface area is 867 Å². The van der Waals surface area contributed by atoms with E-state index < -0.39 is 0 Å². The van der Waals surface area contributed by atoms with Gasteiger partial charge in [0.05, 0.1) is 22.4 Å². The Morgan fingerprint density at radius 1 is 0.148 bits per heavy atom. The maximum Gasteiger partial charge on any atom is 0.333 e. The van der Waals surface area contributed by atoms with E-state index >= 15 is 0 Å². The van der Waals surface area contributed by atoms with Crippen molar-refractivity contribution in [2.75, 3.05) is 29.1 Å². The third-order valence-electron chi connectivity index (χ3n) is 32.5. The van der Waals surface area contributed by atoms with Crippen molar-refractivity contribution in [3.05, 3.63) is 533 Å². The number of anilines is 15. The number of rotatable bonds is 10. The lowest BCUT2D eigenvalue weighted by Crippen LogP contribution is -2.63. The Hall–Kier alpha value is -19.1. The van der Waals surface area contributed by atoms with Gasteiger partial charge in [0, 0.05) is 140 Å². The van der Waals surface area contributed by atoms with E-state index in [4.69, 9.17) is 0 Å². The molecule has 24 aromatic rings. The predicted molar refractivity (Wildman–Crippen MR) is 629 cm³/mol. The normalized spacial score (nSPS) is 13.1. The zero-order valence-electron chi connectivity index (χ0n) is 81.6. The molecule has 0 radical (unpaired) electrons. The van der Waals surface area contributed by atoms with Gasteiger partial charge in [-0.3, -0.25) is 0 Å². The molecule has 0 atom stereocenters. The first kappa shape index (κ1) is 84.4. The van der Waals surface area contributed by atoms with Crippen molar-refractivity contribution < 1.29 is 0 Å². The topological polar surface area (TPSA) is 24.4 Å². The van der Waals surface area contributed by atoms with Crippen molar-refractivity contribution in [2.24, 2.45) is 0 Å². The number of nitrogens with zero attached hydrogens (tertiary/aromatic N) is 7. The average molecular weight is 1890 g/mol. The summed E-state index contributed by atoms with van der Waals surface area (Å²) in [6, 6.07) is 194. The summed E-state index contributed by atoms with van der Waals surface area (Å²) < 4.78 is 2.39. The zero-order chi connectivity index (χ0) is 97.7. The summed E-state index contributed by atoms with van der Waals surface area (Å²) in [5, 5.41) is 2.52. The van der Waals surface area contributed by atoms with E-state index in [-0.39, 0.29) is 20.5 Å². The Bertz CT molecular complexity index is 9630. The molecule has 0 unspecified atom stereocenters. The molecular weight excluding hydrogens is 1800 g/mol. The SMILES string of the molecule is Cc1ccc2c(c1)-c1cccc3c1B1c4c(cccc4N3c3ccc4c(c3)c3ccccc3n4-c3ccccc3)-c3ccccc3N12.c1ccc(-c2ccc3c(c2)-c2cccc4c2B2c5c(cccc5N4c4c(-c5ccccc5)cccc4-c4ccccc4)-c4ccccc4N23)cc1.c1ccc(-c2cccc(-c3ccccc3N3c4cccc5c4B4c6c(cccc63)-c3cc(-c6ccccc6)ccc3N4c3ccccc3-5)c2)cc1. The van der Waals surface area contributed by atoms with Gasteiger partial charge in [0.2, 0.25) is 0 Å². The summed E-state index contributed by atoms with van der Waals surface area (Å²) in [6.07, 6.45) is 0. The average Bonchev–Trinajstić information content (AvgIpc) is 1.33. The Morgan fingerprint density at radius 2 is 0.443 bits per heavy atom. The summed E-state index contributed by atoms with van der Waals surface area (Å²) >= 11 is 0. The van der Waals surface area contributed by atoms with Gasteiger partial charge >= 0.3 is 20.5 Å². The molecule has 0 amide bonds. The van der Waals surface area contributed by atoms with Crippen LogP contribution in [0.15, 0.2) is 528 Å². The second kappa shape index (κ2) is 33.5. The van der Waals surface area contributed by atoms with Gasteiger partial charge in [-0.1, -0.05) is 394 Å². The predicted octanol–water partition coefficient (Wildman–Crippen LogP) is 32.5. The molecule has 10 heterocycles. The van der Waals surface area contributed by atoms with Gasteiger partial charge in [-0.25, -0.2) is 0 Å². The maximum absolute atomic E-state index is 2.62. The van der Waals surface area contributed by atoms with Gasteiger partial charge in [-0.15, -0.1) is 0 Å². The van der Waals surface area contributed by atoms with E-state index in [0.29, 0.717) is 0 Å². The monoisotopic (exact) mass is 1890 g/mol. The van der Waals surface area contributed by atoms with Crippen molar-refractivity contribution in [3.63, 3.8) is 0 Å². The molecule has 149 heavy (non-hydrogen) atoms. The van der Waals surface area contributed by atoms with Crippen LogP contribution in [0.3, 0.4) is 0 Å². The van der Waals surface area contributed by atoms with Gasteiger partial charge in [0.1, 0.15) is 0 Å². The van der Waals surface area contributed by atoms with Crippen LogP contribution in [-0.4, -0.2) is 25.1 Å². The number of hydrogen-bond acceptors (Lipinski definition) is 6. The lowest BCUT2D eigenvalue weighted by atomic mass is 9.41. The van der Waals surface area contributed by atoms with Crippen molar-refractivity contribution in [1.82, 2.24) is 4.57 Å². The Morgan fingerprint density at radius 3 is 0.893 bits per heavy atom. The Balaban J connectivity index is 0.000000101. The van der Waals surface area contributed by atoms with Crippen LogP contribution in [0.2, 0.25) is 0 Å². The van der Waals surface area contributed by atoms with Crippen LogP contribution in [0.25, 0.3) is 161 Å². The minimum atomic E-state index is 0.0349. The molecule has 0 saturated heterocycles. The lowest BCUT2D eigenvalue weighted by Gasteiger charge is -2.49. The largest absolute Gasteiger partial charge is 0.376 e. The molecule has 0 N–H and O–H groups in total. The molecule has 0 spiro atoms. The smallest absolute Gasteiger partial charge is 0.333 e.